The summed E-state index contributed by atoms with van der Waals surface area (Å²) in [4.78, 5) is 11.5. The molecule has 2 atom stereocenters. The van der Waals surface area contributed by atoms with Gasteiger partial charge in [0.05, 0.1) is 5.41 Å². The van der Waals surface area contributed by atoms with Gasteiger partial charge in [0.15, 0.2) is 0 Å². The van der Waals surface area contributed by atoms with E-state index < -0.39 is 11.4 Å². The van der Waals surface area contributed by atoms with Gasteiger partial charge in [-0.1, -0.05) is 27.7 Å². The minimum atomic E-state index is -0.560. The number of carboxylic acid groups (broad SMARTS) is 1. The Hall–Kier alpha value is -0.530. The summed E-state index contributed by atoms with van der Waals surface area (Å²) < 4.78 is 0. The fraction of sp³-hybridized carbons (Fsp3) is 0.923. The average molecular weight is 210 g/mol. The highest BCUT2D eigenvalue weighted by Gasteiger charge is 2.70. The molecule has 86 valence electrons. The first-order valence-electron chi connectivity index (χ1n) is 5.95. The molecule has 0 aromatic carbocycles. The molecule has 0 aliphatic heterocycles. The van der Waals surface area contributed by atoms with Gasteiger partial charge in [0.1, 0.15) is 0 Å². The van der Waals surface area contributed by atoms with Gasteiger partial charge in [-0.15, -0.1) is 0 Å². The first-order valence-corrected chi connectivity index (χ1v) is 5.95. The van der Waals surface area contributed by atoms with Crippen LogP contribution in [0.2, 0.25) is 0 Å². The van der Waals surface area contributed by atoms with Crippen LogP contribution >= 0.6 is 0 Å². The van der Waals surface area contributed by atoms with Crippen molar-refractivity contribution in [2.75, 3.05) is 0 Å². The van der Waals surface area contributed by atoms with Crippen molar-refractivity contribution in [3.05, 3.63) is 0 Å². The lowest BCUT2D eigenvalue weighted by Crippen LogP contribution is -2.29. The Balaban J connectivity index is 2.21. The quantitative estimate of drug-likeness (QED) is 0.759. The van der Waals surface area contributed by atoms with E-state index in [2.05, 4.69) is 27.7 Å². The molecule has 0 aromatic heterocycles. The Morgan fingerprint density at radius 2 is 1.80 bits per heavy atom. The van der Waals surface area contributed by atoms with Crippen LogP contribution in [-0.4, -0.2) is 11.1 Å². The molecule has 2 aliphatic rings. The highest BCUT2D eigenvalue weighted by atomic mass is 16.4. The predicted octanol–water partition coefficient (Wildman–Crippen LogP) is 3.31. The van der Waals surface area contributed by atoms with E-state index in [0.29, 0.717) is 11.3 Å². The maximum absolute atomic E-state index is 11.5. The monoisotopic (exact) mass is 210 g/mol. The van der Waals surface area contributed by atoms with Gasteiger partial charge in [-0.2, -0.15) is 0 Å². The molecule has 0 saturated heterocycles. The molecule has 0 bridgehead atoms. The predicted molar refractivity (Wildman–Crippen MR) is 59.6 cm³/mol. The molecule has 15 heavy (non-hydrogen) atoms. The van der Waals surface area contributed by atoms with Crippen LogP contribution in [0.4, 0.5) is 0 Å². The van der Waals surface area contributed by atoms with Gasteiger partial charge >= 0.3 is 5.97 Å². The van der Waals surface area contributed by atoms with E-state index in [-0.39, 0.29) is 5.41 Å². The maximum Gasteiger partial charge on any atom is 0.310 e. The lowest BCUT2D eigenvalue weighted by atomic mass is 9.79. The number of rotatable bonds is 2. The lowest BCUT2D eigenvalue weighted by molar-refractivity contribution is -0.147. The van der Waals surface area contributed by atoms with Gasteiger partial charge in [0, 0.05) is 0 Å². The van der Waals surface area contributed by atoms with Gasteiger partial charge < -0.3 is 5.11 Å². The molecule has 0 heterocycles. The van der Waals surface area contributed by atoms with Crippen LogP contribution in [0.3, 0.4) is 0 Å². The summed E-state index contributed by atoms with van der Waals surface area (Å²) in [5, 5.41) is 9.47. The van der Waals surface area contributed by atoms with Crippen molar-refractivity contribution in [3.8, 4) is 0 Å². The van der Waals surface area contributed by atoms with Crippen molar-refractivity contribution in [3.63, 3.8) is 0 Å². The molecule has 2 rings (SSSR count). The van der Waals surface area contributed by atoms with E-state index in [4.69, 9.17) is 0 Å². The second-order valence-electron chi connectivity index (χ2n) is 6.94. The third kappa shape index (κ3) is 1.41. The Morgan fingerprint density at radius 3 is 2.07 bits per heavy atom. The summed E-state index contributed by atoms with van der Waals surface area (Å²) in [6, 6.07) is 0. The van der Waals surface area contributed by atoms with Crippen molar-refractivity contribution in [1.29, 1.82) is 0 Å². The van der Waals surface area contributed by atoms with Gasteiger partial charge in [0.2, 0.25) is 0 Å². The molecule has 2 unspecified atom stereocenters. The van der Waals surface area contributed by atoms with E-state index in [0.717, 1.165) is 19.3 Å². The molecule has 2 saturated carbocycles. The number of carboxylic acids is 1. The standard InChI is InChI=1S/C13H22O2/c1-11(2)6-5-9(7-11)13(10(14)15)8-12(13,3)4/h9H,5-8H2,1-4H3,(H,14,15). The molecule has 2 nitrogen and oxygen atoms in total. The fourth-order valence-corrected chi connectivity index (χ4v) is 3.75. The fourth-order valence-electron chi connectivity index (χ4n) is 3.75. The summed E-state index contributed by atoms with van der Waals surface area (Å²) in [6.07, 6.45) is 4.24. The molecule has 2 heteroatoms. The van der Waals surface area contributed by atoms with Crippen LogP contribution in [0.25, 0.3) is 0 Å². The van der Waals surface area contributed by atoms with Crippen molar-refractivity contribution in [2.24, 2.45) is 22.2 Å². The first-order chi connectivity index (χ1) is 6.71. The van der Waals surface area contributed by atoms with Gasteiger partial charge in [-0.05, 0) is 42.4 Å². The highest BCUT2D eigenvalue weighted by molar-refractivity contribution is 5.80. The molecule has 0 amide bonds. The number of aliphatic carboxylic acids is 1. The summed E-state index contributed by atoms with van der Waals surface area (Å²) in [7, 11) is 0. The number of carbonyl (C=O) groups is 1. The average Bonchev–Trinajstić information content (AvgIpc) is 2.45. The Kier molecular flexibility index (Phi) is 2.03. The molecule has 2 fully saturated rings. The van der Waals surface area contributed by atoms with Crippen LogP contribution in [0.5, 0.6) is 0 Å². The summed E-state index contributed by atoms with van der Waals surface area (Å²) in [6.45, 7) is 8.73. The largest absolute Gasteiger partial charge is 0.481 e. The zero-order valence-electron chi connectivity index (χ0n) is 10.3. The third-order valence-corrected chi connectivity index (χ3v) is 4.85. The molecule has 2 aliphatic carbocycles. The zero-order chi connectivity index (χ0) is 11.5. The van der Waals surface area contributed by atoms with Crippen molar-refractivity contribution >= 4 is 5.97 Å². The van der Waals surface area contributed by atoms with E-state index in [9.17, 15) is 9.90 Å². The Morgan fingerprint density at radius 1 is 1.27 bits per heavy atom. The van der Waals surface area contributed by atoms with Crippen LogP contribution < -0.4 is 0 Å². The van der Waals surface area contributed by atoms with Crippen molar-refractivity contribution in [1.82, 2.24) is 0 Å². The van der Waals surface area contributed by atoms with Gasteiger partial charge in [-0.25, -0.2) is 0 Å². The second kappa shape index (κ2) is 2.78. The third-order valence-electron chi connectivity index (χ3n) is 4.85. The van der Waals surface area contributed by atoms with Crippen LogP contribution in [0.1, 0.15) is 53.4 Å². The van der Waals surface area contributed by atoms with Crippen LogP contribution in [-0.2, 0) is 4.79 Å². The van der Waals surface area contributed by atoms with E-state index in [1.165, 1.54) is 6.42 Å². The molecular formula is C13H22O2. The summed E-state index contributed by atoms with van der Waals surface area (Å²) >= 11 is 0. The minimum absolute atomic E-state index is 0.0178. The SMILES string of the molecule is CC1(C)CCC(C2(C(=O)O)CC2(C)C)C1. The first kappa shape index (κ1) is 11.0. The van der Waals surface area contributed by atoms with Gasteiger partial charge in [0.25, 0.3) is 0 Å². The number of hydrogen-bond donors (Lipinski definition) is 1. The molecule has 1 N–H and O–H groups in total. The summed E-state index contributed by atoms with van der Waals surface area (Å²) in [5.74, 6) is -0.157. The Labute approximate surface area is 92.1 Å². The highest BCUT2D eigenvalue weighted by Crippen LogP contribution is 2.71. The zero-order valence-corrected chi connectivity index (χ0v) is 10.3. The Bertz CT molecular complexity index is 304. The van der Waals surface area contributed by atoms with Crippen molar-refractivity contribution in [2.45, 2.75) is 53.4 Å². The van der Waals surface area contributed by atoms with E-state index in [1.54, 1.807) is 0 Å². The molecule has 0 radical (unpaired) electrons. The molecule has 0 spiro atoms. The van der Waals surface area contributed by atoms with Crippen LogP contribution in [0, 0.1) is 22.2 Å². The van der Waals surface area contributed by atoms with Gasteiger partial charge in [-0.3, -0.25) is 4.79 Å². The topological polar surface area (TPSA) is 37.3 Å². The molecular weight excluding hydrogens is 188 g/mol. The normalized spacial score (nSPS) is 41.5. The van der Waals surface area contributed by atoms with Crippen LogP contribution in [0.15, 0.2) is 0 Å². The lowest BCUT2D eigenvalue weighted by Gasteiger charge is -2.24. The van der Waals surface area contributed by atoms with Crippen molar-refractivity contribution < 1.29 is 9.90 Å². The van der Waals surface area contributed by atoms with E-state index >= 15 is 0 Å². The number of hydrogen-bond acceptors (Lipinski definition) is 1. The second-order valence-corrected chi connectivity index (χ2v) is 6.94. The minimum Gasteiger partial charge on any atom is -0.481 e. The maximum atomic E-state index is 11.5. The summed E-state index contributed by atoms with van der Waals surface area (Å²) in [5.41, 5.74) is -0.0313. The van der Waals surface area contributed by atoms with E-state index in [1.807, 2.05) is 0 Å². The molecule has 0 aromatic rings. The smallest absolute Gasteiger partial charge is 0.310 e.